The predicted octanol–water partition coefficient (Wildman–Crippen LogP) is 1.17. The van der Waals surface area contributed by atoms with Crippen LogP contribution in [0.2, 0.25) is 0 Å². The van der Waals surface area contributed by atoms with Crippen molar-refractivity contribution in [2.75, 3.05) is 20.2 Å². The van der Waals surface area contributed by atoms with Gasteiger partial charge in [0.15, 0.2) is 0 Å². The first-order chi connectivity index (χ1) is 6.42. The van der Waals surface area contributed by atoms with E-state index in [0.717, 1.165) is 18.8 Å². The third kappa shape index (κ3) is 1.65. The van der Waals surface area contributed by atoms with E-state index in [4.69, 9.17) is 4.74 Å². The fourth-order valence-corrected chi connectivity index (χ4v) is 1.81. The van der Waals surface area contributed by atoms with Crippen LogP contribution < -0.4 is 10.1 Å². The molecule has 1 saturated heterocycles. The fourth-order valence-electron chi connectivity index (χ4n) is 1.81. The maximum absolute atomic E-state index is 5.29. The summed E-state index contributed by atoms with van der Waals surface area (Å²) >= 11 is 0. The molecule has 0 unspecified atom stereocenters. The molecule has 1 atom stereocenters. The average molecular weight is 178 g/mol. The van der Waals surface area contributed by atoms with Gasteiger partial charge in [-0.25, -0.2) is 0 Å². The van der Waals surface area contributed by atoms with Crippen molar-refractivity contribution >= 4 is 0 Å². The third-order valence-electron chi connectivity index (χ3n) is 2.53. The quantitative estimate of drug-likeness (QED) is 0.738. The lowest BCUT2D eigenvalue weighted by Gasteiger charge is -2.12. The lowest BCUT2D eigenvalue weighted by Crippen LogP contribution is -2.08. The molecular formula is C10H14N2O. The molecule has 1 fully saturated rings. The van der Waals surface area contributed by atoms with Crippen molar-refractivity contribution in [2.45, 2.75) is 12.3 Å². The normalized spacial score (nSPS) is 21.8. The van der Waals surface area contributed by atoms with Crippen molar-refractivity contribution in [1.29, 1.82) is 0 Å². The fraction of sp³-hybridized carbons (Fsp3) is 0.500. The molecule has 0 aliphatic carbocycles. The van der Waals surface area contributed by atoms with Gasteiger partial charge in [-0.15, -0.1) is 0 Å². The van der Waals surface area contributed by atoms with E-state index in [1.807, 2.05) is 12.3 Å². The van der Waals surface area contributed by atoms with E-state index in [9.17, 15) is 0 Å². The molecule has 1 aromatic heterocycles. The van der Waals surface area contributed by atoms with E-state index in [1.165, 1.54) is 12.0 Å². The van der Waals surface area contributed by atoms with E-state index in [0.29, 0.717) is 5.92 Å². The highest BCUT2D eigenvalue weighted by Crippen LogP contribution is 2.29. The Bertz CT molecular complexity index is 282. The van der Waals surface area contributed by atoms with Crippen molar-refractivity contribution in [3.05, 3.63) is 24.0 Å². The van der Waals surface area contributed by atoms with Gasteiger partial charge in [0.2, 0.25) is 0 Å². The van der Waals surface area contributed by atoms with Crippen LogP contribution in [-0.2, 0) is 0 Å². The van der Waals surface area contributed by atoms with Crippen LogP contribution in [0.25, 0.3) is 0 Å². The first-order valence-corrected chi connectivity index (χ1v) is 4.60. The molecule has 0 saturated carbocycles. The summed E-state index contributed by atoms with van der Waals surface area (Å²) in [5.74, 6) is 1.53. The summed E-state index contributed by atoms with van der Waals surface area (Å²) in [6.07, 6.45) is 4.86. The van der Waals surface area contributed by atoms with Gasteiger partial charge < -0.3 is 10.1 Å². The number of aromatic nitrogens is 1. The average Bonchev–Trinajstić information content (AvgIpc) is 2.70. The predicted molar refractivity (Wildman–Crippen MR) is 51.0 cm³/mol. The molecular weight excluding hydrogens is 164 g/mol. The van der Waals surface area contributed by atoms with E-state index in [-0.39, 0.29) is 0 Å². The molecule has 2 rings (SSSR count). The van der Waals surface area contributed by atoms with E-state index in [1.54, 1.807) is 13.3 Å². The Labute approximate surface area is 78.1 Å². The Kier molecular flexibility index (Phi) is 2.45. The van der Waals surface area contributed by atoms with E-state index in [2.05, 4.69) is 10.3 Å². The monoisotopic (exact) mass is 178 g/mol. The summed E-state index contributed by atoms with van der Waals surface area (Å²) in [5.41, 5.74) is 1.23. The summed E-state index contributed by atoms with van der Waals surface area (Å²) in [4.78, 5) is 4.13. The molecule has 0 radical (unpaired) electrons. The summed E-state index contributed by atoms with van der Waals surface area (Å²) in [6, 6.07) is 1.92. The van der Waals surface area contributed by atoms with Gasteiger partial charge >= 0.3 is 0 Å². The van der Waals surface area contributed by atoms with Gasteiger partial charge in [0, 0.05) is 30.4 Å². The first kappa shape index (κ1) is 8.51. The highest BCUT2D eigenvalue weighted by Gasteiger charge is 2.19. The Morgan fingerprint density at radius 1 is 1.62 bits per heavy atom. The van der Waals surface area contributed by atoms with Crippen LogP contribution in [0.3, 0.4) is 0 Å². The van der Waals surface area contributed by atoms with Crippen LogP contribution in [0.4, 0.5) is 0 Å². The van der Waals surface area contributed by atoms with Crippen LogP contribution in [-0.4, -0.2) is 25.2 Å². The zero-order valence-corrected chi connectivity index (χ0v) is 7.79. The van der Waals surface area contributed by atoms with Crippen LogP contribution in [0, 0.1) is 0 Å². The number of hydrogen-bond donors (Lipinski definition) is 1. The number of nitrogens with zero attached hydrogens (tertiary/aromatic N) is 1. The van der Waals surface area contributed by atoms with Gasteiger partial charge in [-0.1, -0.05) is 0 Å². The number of ether oxygens (including phenoxy) is 1. The minimum atomic E-state index is 0.573. The van der Waals surface area contributed by atoms with Crippen LogP contribution >= 0.6 is 0 Å². The number of rotatable bonds is 2. The molecule has 0 aromatic carbocycles. The second-order valence-corrected chi connectivity index (χ2v) is 3.31. The molecule has 1 aliphatic heterocycles. The van der Waals surface area contributed by atoms with Gasteiger partial charge in [-0.05, 0) is 19.0 Å². The summed E-state index contributed by atoms with van der Waals surface area (Å²) in [5, 5.41) is 3.34. The maximum atomic E-state index is 5.29. The van der Waals surface area contributed by atoms with Gasteiger partial charge in [0.25, 0.3) is 0 Å². The molecule has 1 N–H and O–H groups in total. The molecule has 2 heterocycles. The minimum absolute atomic E-state index is 0.573. The molecule has 1 aromatic rings. The Hall–Kier alpha value is -1.09. The Morgan fingerprint density at radius 3 is 3.23 bits per heavy atom. The summed E-state index contributed by atoms with van der Waals surface area (Å²) in [6.45, 7) is 2.14. The highest BCUT2D eigenvalue weighted by molar-refractivity contribution is 5.34. The van der Waals surface area contributed by atoms with Gasteiger partial charge in [0.05, 0.1) is 7.11 Å². The molecule has 0 spiro atoms. The maximum Gasteiger partial charge on any atom is 0.125 e. The third-order valence-corrected chi connectivity index (χ3v) is 2.53. The number of nitrogens with one attached hydrogen (secondary N) is 1. The highest BCUT2D eigenvalue weighted by atomic mass is 16.5. The summed E-state index contributed by atoms with van der Waals surface area (Å²) in [7, 11) is 1.71. The number of methoxy groups -OCH3 is 1. The van der Waals surface area contributed by atoms with Crippen LogP contribution in [0.5, 0.6) is 5.75 Å². The SMILES string of the molecule is COc1ccncc1[C@@H]1CCNC1. The van der Waals surface area contributed by atoms with Crippen molar-refractivity contribution in [3.8, 4) is 5.75 Å². The zero-order chi connectivity index (χ0) is 9.10. The topological polar surface area (TPSA) is 34.1 Å². The van der Waals surface area contributed by atoms with Gasteiger partial charge in [-0.2, -0.15) is 0 Å². The van der Waals surface area contributed by atoms with Gasteiger partial charge in [-0.3, -0.25) is 4.98 Å². The molecule has 3 nitrogen and oxygen atoms in total. The summed E-state index contributed by atoms with van der Waals surface area (Å²) < 4.78 is 5.29. The number of pyridine rings is 1. The zero-order valence-electron chi connectivity index (χ0n) is 7.79. The molecule has 0 bridgehead atoms. The van der Waals surface area contributed by atoms with Crippen molar-refractivity contribution in [3.63, 3.8) is 0 Å². The Balaban J connectivity index is 2.26. The Morgan fingerprint density at radius 2 is 2.54 bits per heavy atom. The molecule has 13 heavy (non-hydrogen) atoms. The minimum Gasteiger partial charge on any atom is -0.496 e. The largest absolute Gasteiger partial charge is 0.496 e. The van der Waals surface area contributed by atoms with E-state index >= 15 is 0 Å². The molecule has 70 valence electrons. The smallest absolute Gasteiger partial charge is 0.125 e. The second kappa shape index (κ2) is 3.75. The molecule has 0 amide bonds. The van der Waals surface area contributed by atoms with E-state index < -0.39 is 0 Å². The molecule has 3 heteroatoms. The van der Waals surface area contributed by atoms with Crippen molar-refractivity contribution in [1.82, 2.24) is 10.3 Å². The van der Waals surface area contributed by atoms with Crippen molar-refractivity contribution in [2.24, 2.45) is 0 Å². The van der Waals surface area contributed by atoms with Gasteiger partial charge in [0.1, 0.15) is 5.75 Å². The number of hydrogen-bond acceptors (Lipinski definition) is 3. The molecule has 1 aliphatic rings. The first-order valence-electron chi connectivity index (χ1n) is 4.60. The lowest BCUT2D eigenvalue weighted by molar-refractivity contribution is 0.405. The van der Waals surface area contributed by atoms with Crippen LogP contribution in [0.15, 0.2) is 18.5 Å². The second-order valence-electron chi connectivity index (χ2n) is 3.31. The van der Waals surface area contributed by atoms with Crippen molar-refractivity contribution < 1.29 is 4.74 Å². The standard InChI is InChI=1S/C10H14N2O/c1-13-10-3-5-12-7-9(10)8-2-4-11-6-8/h3,5,7-8,11H,2,4,6H2,1H3/t8-/m1/s1. The van der Waals surface area contributed by atoms with Crippen LogP contribution in [0.1, 0.15) is 17.9 Å². The lowest BCUT2D eigenvalue weighted by atomic mass is 9.99.